The van der Waals surface area contributed by atoms with Gasteiger partial charge in [0.25, 0.3) is 0 Å². The number of hydrazine groups is 1. The molecule has 1 unspecified atom stereocenters. The van der Waals surface area contributed by atoms with Crippen LogP contribution in [-0.4, -0.2) is 42.8 Å². The highest BCUT2D eigenvalue weighted by Gasteiger charge is 2.23. The lowest BCUT2D eigenvalue weighted by molar-refractivity contribution is 0.162. The van der Waals surface area contributed by atoms with Crippen molar-refractivity contribution in [2.24, 2.45) is 10.2 Å². The molecule has 2 N–H and O–H groups in total. The second-order valence-corrected chi connectivity index (χ2v) is 5.68. The molecular formula is C16H20ClN5O. The van der Waals surface area contributed by atoms with Crippen molar-refractivity contribution in [3.8, 4) is 5.75 Å². The monoisotopic (exact) mass is 333 g/mol. The summed E-state index contributed by atoms with van der Waals surface area (Å²) in [5.74, 6) is 0.940. The van der Waals surface area contributed by atoms with Crippen LogP contribution in [0.3, 0.4) is 0 Å². The second-order valence-electron chi connectivity index (χ2n) is 5.68. The number of rotatable bonds is 3. The third-order valence-corrected chi connectivity index (χ3v) is 4.12. The van der Waals surface area contributed by atoms with Crippen LogP contribution < -0.4 is 15.5 Å². The van der Waals surface area contributed by atoms with Gasteiger partial charge in [-0.05, 0) is 61.8 Å². The van der Waals surface area contributed by atoms with Gasteiger partial charge in [0, 0.05) is 0 Å². The molecule has 1 aromatic rings. The van der Waals surface area contributed by atoms with Crippen LogP contribution >= 0.6 is 12.4 Å². The Morgan fingerprint density at radius 2 is 1.87 bits per heavy atom. The maximum atomic E-state index is 6.03. The van der Waals surface area contributed by atoms with Gasteiger partial charge in [0.05, 0.1) is 11.9 Å². The number of hydrogen-bond donors (Lipinski definition) is 2. The fourth-order valence-corrected chi connectivity index (χ4v) is 2.89. The molecule has 1 aromatic carbocycles. The molecule has 3 aliphatic heterocycles. The number of benzene rings is 1. The van der Waals surface area contributed by atoms with E-state index >= 15 is 0 Å². The van der Waals surface area contributed by atoms with Crippen molar-refractivity contribution < 1.29 is 4.74 Å². The van der Waals surface area contributed by atoms with Crippen molar-refractivity contribution >= 4 is 30.7 Å². The van der Waals surface area contributed by atoms with Crippen LogP contribution in [0.2, 0.25) is 0 Å². The predicted molar refractivity (Wildman–Crippen MR) is 93.9 cm³/mol. The number of ether oxygens (including phenoxy) is 1. The number of nitrogens with zero attached hydrogens (tertiary/aromatic N) is 3. The van der Waals surface area contributed by atoms with Crippen molar-refractivity contribution in [3.05, 3.63) is 35.9 Å². The average Bonchev–Trinajstić information content (AvgIpc) is 3.00. The van der Waals surface area contributed by atoms with E-state index in [1.165, 1.54) is 0 Å². The van der Waals surface area contributed by atoms with Gasteiger partial charge in [0.2, 0.25) is 0 Å². The van der Waals surface area contributed by atoms with Gasteiger partial charge in [-0.25, -0.2) is 0 Å². The number of nitrogens with one attached hydrogen (secondary N) is 2. The summed E-state index contributed by atoms with van der Waals surface area (Å²) in [7, 11) is 0. The van der Waals surface area contributed by atoms with Gasteiger partial charge in [0.15, 0.2) is 0 Å². The molecule has 7 heteroatoms. The molecule has 0 amide bonds. The standard InChI is InChI=1S/C16H19N5O.ClH/c1-3-14(22-15-5-7-17-8-6-15)4-2-12(1)16-9-13-10-18-19-11-21(13)20-16;/h1-4,9-11,13,15,17,20H,5-8H2;1H. The molecule has 3 aliphatic rings. The first-order valence-corrected chi connectivity index (χ1v) is 7.70. The molecule has 0 aromatic heterocycles. The van der Waals surface area contributed by atoms with Crippen molar-refractivity contribution in [2.75, 3.05) is 13.1 Å². The topological polar surface area (TPSA) is 61.2 Å². The van der Waals surface area contributed by atoms with E-state index < -0.39 is 0 Å². The van der Waals surface area contributed by atoms with E-state index in [2.05, 4.69) is 39.2 Å². The van der Waals surface area contributed by atoms with Crippen LogP contribution in [0.1, 0.15) is 18.4 Å². The van der Waals surface area contributed by atoms with E-state index in [0.717, 1.165) is 42.9 Å². The minimum absolute atomic E-state index is 0. The molecular weight excluding hydrogens is 314 g/mol. The molecule has 6 nitrogen and oxygen atoms in total. The molecule has 0 bridgehead atoms. The Morgan fingerprint density at radius 1 is 1.09 bits per heavy atom. The largest absolute Gasteiger partial charge is 0.490 e. The van der Waals surface area contributed by atoms with Crippen molar-refractivity contribution in [3.63, 3.8) is 0 Å². The molecule has 0 aliphatic carbocycles. The SMILES string of the molecule is C1=NN=CN2NC(c3ccc(OC4CCNCC4)cc3)=CC12.Cl. The first kappa shape index (κ1) is 15.8. The molecule has 0 spiro atoms. The second kappa shape index (κ2) is 7.02. The number of halogens is 1. The average molecular weight is 334 g/mol. The van der Waals surface area contributed by atoms with E-state index in [1.54, 1.807) is 6.34 Å². The first-order valence-electron chi connectivity index (χ1n) is 7.70. The zero-order valence-electron chi connectivity index (χ0n) is 12.7. The Balaban J connectivity index is 0.00000156. The fourth-order valence-electron chi connectivity index (χ4n) is 2.89. The van der Waals surface area contributed by atoms with Crippen molar-refractivity contribution in [1.82, 2.24) is 15.8 Å². The number of piperidine rings is 1. The third kappa shape index (κ3) is 3.48. The van der Waals surface area contributed by atoms with E-state index in [9.17, 15) is 0 Å². The molecule has 1 atom stereocenters. The lowest BCUT2D eigenvalue weighted by Crippen LogP contribution is -2.39. The molecule has 3 heterocycles. The maximum absolute atomic E-state index is 6.03. The summed E-state index contributed by atoms with van der Waals surface area (Å²) in [5.41, 5.74) is 5.52. The van der Waals surface area contributed by atoms with Crippen LogP contribution in [0.15, 0.2) is 40.5 Å². The lowest BCUT2D eigenvalue weighted by atomic mass is 10.1. The quantitative estimate of drug-likeness (QED) is 0.885. The summed E-state index contributed by atoms with van der Waals surface area (Å²) < 4.78 is 6.03. The highest BCUT2D eigenvalue weighted by Crippen LogP contribution is 2.23. The summed E-state index contributed by atoms with van der Waals surface area (Å²) >= 11 is 0. The van der Waals surface area contributed by atoms with E-state index in [0.29, 0.717) is 6.10 Å². The van der Waals surface area contributed by atoms with Gasteiger partial charge in [-0.1, -0.05) is 0 Å². The Labute approximate surface area is 141 Å². The Kier molecular flexibility index (Phi) is 4.83. The van der Waals surface area contributed by atoms with Crippen LogP contribution in [0, 0.1) is 0 Å². The van der Waals surface area contributed by atoms with Gasteiger partial charge in [-0.2, -0.15) is 5.10 Å². The molecule has 1 saturated heterocycles. The number of hydrogen-bond acceptors (Lipinski definition) is 6. The summed E-state index contributed by atoms with van der Waals surface area (Å²) in [6.45, 7) is 2.08. The van der Waals surface area contributed by atoms with Crippen molar-refractivity contribution in [1.29, 1.82) is 0 Å². The third-order valence-electron chi connectivity index (χ3n) is 4.12. The Hall–Kier alpha value is -2.05. The minimum Gasteiger partial charge on any atom is -0.490 e. The molecule has 1 fully saturated rings. The van der Waals surface area contributed by atoms with Gasteiger partial charge >= 0.3 is 0 Å². The maximum Gasteiger partial charge on any atom is 0.133 e. The molecule has 0 saturated carbocycles. The fraction of sp³-hybridized carbons (Fsp3) is 0.375. The molecule has 23 heavy (non-hydrogen) atoms. The van der Waals surface area contributed by atoms with E-state index in [1.807, 2.05) is 23.4 Å². The smallest absolute Gasteiger partial charge is 0.133 e. The van der Waals surface area contributed by atoms with Crippen LogP contribution in [0.25, 0.3) is 5.70 Å². The van der Waals surface area contributed by atoms with Crippen molar-refractivity contribution in [2.45, 2.75) is 25.0 Å². The van der Waals surface area contributed by atoms with Gasteiger partial charge in [-0.3, -0.25) is 10.4 Å². The summed E-state index contributed by atoms with van der Waals surface area (Å²) in [6.07, 6.45) is 8.12. The highest BCUT2D eigenvalue weighted by atomic mass is 35.5. The van der Waals surface area contributed by atoms with E-state index in [4.69, 9.17) is 4.74 Å². The summed E-state index contributed by atoms with van der Waals surface area (Å²) in [6, 6.07) is 8.39. The van der Waals surface area contributed by atoms with Gasteiger partial charge < -0.3 is 10.1 Å². The van der Waals surface area contributed by atoms with Gasteiger partial charge in [0.1, 0.15) is 24.2 Å². The zero-order chi connectivity index (χ0) is 14.8. The summed E-state index contributed by atoms with van der Waals surface area (Å²) in [4.78, 5) is 0. The Bertz CT molecular complexity index is 622. The van der Waals surface area contributed by atoms with Crippen LogP contribution in [-0.2, 0) is 0 Å². The molecule has 122 valence electrons. The Morgan fingerprint density at radius 3 is 2.61 bits per heavy atom. The normalized spacial score (nSPS) is 22.9. The zero-order valence-corrected chi connectivity index (χ0v) is 13.5. The van der Waals surface area contributed by atoms with Crippen LogP contribution in [0.4, 0.5) is 0 Å². The highest BCUT2D eigenvalue weighted by molar-refractivity contribution is 5.85. The summed E-state index contributed by atoms with van der Waals surface area (Å²) in [5, 5.41) is 13.1. The van der Waals surface area contributed by atoms with E-state index in [-0.39, 0.29) is 18.4 Å². The molecule has 4 rings (SSSR count). The van der Waals surface area contributed by atoms with Gasteiger partial charge in [-0.15, -0.1) is 17.5 Å². The molecule has 0 radical (unpaired) electrons. The first-order chi connectivity index (χ1) is 10.9. The minimum atomic E-state index is 0. The predicted octanol–water partition coefficient (Wildman–Crippen LogP) is 1.80. The number of fused-ring (bicyclic) bond motifs is 1. The van der Waals surface area contributed by atoms with Crippen LogP contribution in [0.5, 0.6) is 5.75 Å². The lowest BCUT2D eigenvalue weighted by Gasteiger charge is -2.24.